The Hall–Kier alpha value is -2.44. The maximum Gasteiger partial charge on any atom is 0.306 e. The number of carbonyl (C=O) groups is 2. The number of hydrogen-bond donors (Lipinski definition) is 3. The number of hydrogen-bond acceptors (Lipinski definition) is 5. The van der Waals surface area contributed by atoms with Crippen molar-refractivity contribution in [3.8, 4) is 0 Å². The predicted octanol–water partition coefficient (Wildman–Crippen LogP) is 16.4. The van der Waals surface area contributed by atoms with E-state index < -0.39 is 18.2 Å². The first kappa shape index (κ1) is 60.6. The number of aliphatic hydroxyl groups is 2. The molecule has 6 heteroatoms. The van der Waals surface area contributed by atoms with Gasteiger partial charge in [0.05, 0.1) is 25.2 Å². The number of ether oxygens (including phenoxy) is 1. The second-order valence-corrected chi connectivity index (χ2v) is 18.3. The van der Waals surface area contributed by atoms with Crippen molar-refractivity contribution in [2.75, 3.05) is 6.61 Å². The maximum atomic E-state index is 13.2. The first-order valence-corrected chi connectivity index (χ1v) is 27.0. The van der Waals surface area contributed by atoms with Crippen LogP contribution in [0.15, 0.2) is 60.8 Å². The summed E-state index contributed by atoms with van der Waals surface area (Å²) < 4.78 is 5.93. The van der Waals surface area contributed by atoms with E-state index in [2.05, 4.69) is 86.8 Å². The number of amides is 1. The Labute approximate surface area is 390 Å². The van der Waals surface area contributed by atoms with Gasteiger partial charge in [0.15, 0.2) is 0 Å². The van der Waals surface area contributed by atoms with Crippen LogP contribution in [-0.2, 0) is 14.3 Å². The molecule has 366 valence electrons. The molecule has 3 atom stereocenters. The molecule has 0 aromatic carbocycles. The smallest absolute Gasteiger partial charge is 0.306 e. The highest BCUT2D eigenvalue weighted by molar-refractivity contribution is 5.77. The fraction of sp³-hybridized carbons (Fsp3) is 0.789. The Balaban J connectivity index is 4.65. The molecule has 0 saturated heterocycles. The highest BCUT2D eigenvalue weighted by Gasteiger charge is 2.24. The molecule has 3 unspecified atom stereocenters. The minimum absolute atomic E-state index is 0.0478. The molecule has 0 aliphatic carbocycles. The summed E-state index contributed by atoms with van der Waals surface area (Å²) in [4.78, 5) is 26.2. The minimum atomic E-state index is -0.800. The zero-order valence-electron chi connectivity index (χ0n) is 41.7. The van der Waals surface area contributed by atoms with Gasteiger partial charge in [-0.2, -0.15) is 0 Å². The summed E-state index contributed by atoms with van der Waals surface area (Å²) in [6, 6.07) is -0.716. The van der Waals surface area contributed by atoms with Gasteiger partial charge in [-0.1, -0.05) is 216 Å². The van der Waals surface area contributed by atoms with Gasteiger partial charge in [0.25, 0.3) is 0 Å². The number of nitrogens with one attached hydrogen (secondary N) is 1. The van der Waals surface area contributed by atoms with E-state index in [1.807, 2.05) is 0 Å². The van der Waals surface area contributed by atoms with E-state index >= 15 is 0 Å². The summed E-state index contributed by atoms with van der Waals surface area (Å²) in [5.41, 5.74) is 0. The third-order valence-electron chi connectivity index (χ3n) is 12.1. The van der Waals surface area contributed by atoms with Gasteiger partial charge in [0.2, 0.25) is 5.91 Å². The number of aliphatic hydroxyl groups excluding tert-OH is 2. The quantitative estimate of drug-likeness (QED) is 0.0321. The Morgan fingerprint density at radius 2 is 0.810 bits per heavy atom. The molecule has 0 bridgehead atoms. The lowest BCUT2D eigenvalue weighted by Crippen LogP contribution is -2.46. The molecule has 0 aromatic heterocycles. The van der Waals surface area contributed by atoms with Crippen molar-refractivity contribution in [2.45, 2.75) is 283 Å². The second kappa shape index (κ2) is 50.6. The molecule has 0 spiro atoms. The van der Waals surface area contributed by atoms with Gasteiger partial charge in [0, 0.05) is 6.42 Å². The lowest BCUT2D eigenvalue weighted by Gasteiger charge is -2.24. The molecular weight excluding hydrogens is 779 g/mol. The summed E-state index contributed by atoms with van der Waals surface area (Å²) in [5, 5.41) is 23.8. The van der Waals surface area contributed by atoms with Crippen molar-refractivity contribution in [2.24, 2.45) is 0 Å². The average Bonchev–Trinajstić information content (AvgIpc) is 3.28. The molecule has 0 aliphatic rings. The zero-order chi connectivity index (χ0) is 45.9. The molecule has 0 fully saturated rings. The van der Waals surface area contributed by atoms with E-state index in [0.29, 0.717) is 19.3 Å². The number of esters is 1. The van der Waals surface area contributed by atoms with Crippen LogP contribution in [-0.4, -0.2) is 46.9 Å². The molecule has 63 heavy (non-hydrogen) atoms. The van der Waals surface area contributed by atoms with Gasteiger partial charge in [-0.15, -0.1) is 0 Å². The first-order chi connectivity index (χ1) is 31.0. The molecule has 3 N–H and O–H groups in total. The van der Waals surface area contributed by atoms with Crippen molar-refractivity contribution in [3.63, 3.8) is 0 Å². The second-order valence-electron chi connectivity index (χ2n) is 18.3. The molecule has 0 radical (unpaired) electrons. The lowest BCUT2D eigenvalue weighted by atomic mass is 10.0. The minimum Gasteiger partial charge on any atom is -0.462 e. The largest absolute Gasteiger partial charge is 0.462 e. The van der Waals surface area contributed by atoms with Gasteiger partial charge in [-0.05, 0) is 96.3 Å². The van der Waals surface area contributed by atoms with Gasteiger partial charge < -0.3 is 20.3 Å². The average molecular weight is 882 g/mol. The van der Waals surface area contributed by atoms with Crippen LogP contribution in [0, 0.1) is 0 Å². The molecule has 0 aromatic rings. The highest BCUT2D eigenvalue weighted by Crippen LogP contribution is 2.17. The molecule has 0 saturated carbocycles. The van der Waals surface area contributed by atoms with Crippen molar-refractivity contribution in [1.82, 2.24) is 5.32 Å². The van der Waals surface area contributed by atoms with Crippen LogP contribution < -0.4 is 5.32 Å². The summed E-state index contributed by atoms with van der Waals surface area (Å²) in [6.07, 6.45) is 62.8. The van der Waals surface area contributed by atoms with E-state index in [0.717, 1.165) is 83.5 Å². The number of unbranched alkanes of at least 4 members (excludes halogenated alkanes) is 26. The van der Waals surface area contributed by atoms with E-state index in [4.69, 9.17) is 4.74 Å². The fourth-order valence-corrected chi connectivity index (χ4v) is 7.94. The van der Waals surface area contributed by atoms with E-state index in [1.54, 1.807) is 0 Å². The summed E-state index contributed by atoms with van der Waals surface area (Å²) >= 11 is 0. The molecule has 6 nitrogen and oxygen atoms in total. The van der Waals surface area contributed by atoms with E-state index in [-0.39, 0.29) is 24.9 Å². The van der Waals surface area contributed by atoms with Crippen LogP contribution in [0.1, 0.15) is 265 Å². The van der Waals surface area contributed by atoms with E-state index in [9.17, 15) is 19.8 Å². The Morgan fingerprint density at radius 3 is 1.27 bits per heavy atom. The van der Waals surface area contributed by atoms with Crippen LogP contribution in [0.25, 0.3) is 0 Å². The van der Waals surface area contributed by atoms with Gasteiger partial charge >= 0.3 is 5.97 Å². The molecule has 0 rings (SSSR count). The van der Waals surface area contributed by atoms with E-state index in [1.165, 1.54) is 135 Å². The van der Waals surface area contributed by atoms with Crippen molar-refractivity contribution < 1.29 is 24.5 Å². The number of carbonyl (C=O) groups excluding carboxylic acids is 2. The number of rotatable bonds is 48. The van der Waals surface area contributed by atoms with Gasteiger partial charge in [-0.25, -0.2) is 0 Å². The van der Waals surface area contributed by atoms with Crippen LogP contribution in [0.2, 0.25) is 0 Å². The molecular formula is C57H103NO5. The van der Waals surface area contributed by atoms with Crippen molar-refractivity contribution in [3.05, 3.63) is 60.8 Å². The Morgan fingerprint density at radius 1 is 0.460 bits per heavy atom. The van der Waals surface area contributed by atoms with Crippen LogP contribution >= 0.6 is 0 Å². The van der Waals surface area contributed by atoms with Crippen molar-refractivity contribution in [1.29, 1.82) is 0 Å². The molecule has 1 amide bonds. The molecule has 0 aliphatic heterocycles. The third kappa shape index (κ3) is 45.9. The summed E-state index contributed by atoms with van der Waals surface area (Å²) in [6.45, 7) is 6.42. The van der Waals surface area contributed by atoms with Gasteiger partial charge in [-0.3, -0.25) is 9.59 Å². The van der Waals surface area contributed by atoms with Crippen LogP contribution in [0.3, 0.4) is 0 Å². The monoisotopic (exact) mass is 882 g/mol. The normalized spacial score (nSPS) is 13.7. The summed E-state index contributed by atoms with van der Waals surface area (Å²) in [7, 11) is 0. The third-order valence-corrected chi connectivity index (χ3v) is 12.1. The van der Waals surface area contributed by atoms with Crippen LogP contribution in [0.4, 0.5) is 0 Å². The fourth-order valence-electron chi connectivity index (χ4n) is 7.94. The Bertz CT molecular complexity index is 1130. The standard InChI is InChI=1S/C57H103NO5/c1-4-7-10-13-16-19-22-25-27-28-30-32-35-38-41-44-47-50-57(62)63-53(48-45-42-39-36-33-31-29-26-23-20-17-14-11-8-5-2)51-56(61)58-54(52-59)55(60)49-46-43-40-37-34-24-21-18-15-12-9-6-3/h16-17,19-20,25-27,29,33,36,53-55,59-60H,4-15,18,21-24,28,30-32,34-35,37-52H2,1-3H3,(H,58,61)/b19-16-,20-17-,27-25-,29-26-,36-33-. The van der Waals surface area contributed by atoms with Crippen molar-refractivity contribution >= 4 is 11.9 Å². The van der Waals surface area contributed by atoms with Crippen LogP contribution in [0.5, 0.6) is 0 Å². The molecule has 0 heterocycles. The Kier molecular flexibility index (Phi) is 48.6. The summed E-state index contributed by atoms with van der Waals surface area (Å²) in [5.74, 6) is -0.517. The lowest BCUT2D eigenvalue weighted by molar-refractivity contribution is -0.151. The van der Waals surface area contributed by atoms with Gasteiger partial charge in [0.1, 0.15) is 6.10 Å². The number of allylic oxidation sites excluding steroid dienone is 10. The first-order valence-electron chi connectivity index (χ1n) is 27.0. The highest BCUT2D eigenvalue weighted by atomic mass is 16.5. The predicted molar refractivity (Wildman–Crippen MR) is 273 cm³/mol. The topological polar surface area (TPSA) is 95.9 Å². The SMILES string of the molecule is CCCCC/C=C\C/C=C\C/C=C\CCCCC(CC(=O)NC(CO)C(O)CCCCCCCCCCCCCC)OC(=O)CCCCCCCCC/C=C\C/C=C\CCCCC. The maximum absolute atomic E-state index is 13.2. The zero-order valence-corrected chi connectivity index (χ0v) is 41.7.